The Morgan fingerprint density at radius 1 is 1.22 bits per heavy atom. The molecule has 1 aromatic carbocycles. The Morgan fingerprint density at radius 3 is 2.57 bits per heavy atom. The second kappa shape index (κ2) is 7.25. The summed E-state index contributed by atoms with van der Waals surface area (Å²) in [4.78, 5) is 8.74. The number of aromatic nitrogens is 2. The second-order valence-electron chi connectivity index (χ2n) is 4.91. The molecule has 0 amide bonds. The van der Waals surface area contributed by atoms with Gasteiger partial charge in [-0.15, -0.1) is 0 Å². The number of nitrogens with zero attached hydrogens (tertiary/aromatic N) is 2. The highest BCUT2D eigenvalue weighted by atomic mass is 35.5. The van der Waals surface area contributed by atoms with E-state index in [2.05, 4.69) is 20.0 Å². The maximum Gasteiger partial charge on any atom is 0.240 e. The number of rotatable bonds is 6. The molecule has 2 rings (SSSR count). The first-order chi connectivity index (χ1) is 10.9. The molecule has 0 aliphatic rings. The quantitative estimate of drug-likeness (QED) is 0.779. The molecular formula is C15H19ClN4O2S. The van der Waals surface area contributed by atoms with Crippen LogP contribution in [0.15, 0.2) is 29.2 Å². The molecule has 0 atom stereocenters. The number of hydrogen-bond donors (Lipinski definition) is 2. The van der Waals surface area contributed by atoms with Crippen LogP contribution in [0.2, 0.25) is 5.15 Å². The average Bonchev–Trinajstić information content (AvgIpc) is 2.52. The Labute approximate surface area is 141 Å². The summed E-state index contributed by atoms with van der Waals surface area (Å²) in [6.45, 7) is 4.04. The molecule has 0 spiro atoms. The predicted octanol–water partition coefficient (Wildman–Crippen LogP) is 2.52. The molecule has 8 heteroatoms. The molecule has 0 aliphatic heterocycles. The van der Waals surface area contributed by atoms with Crippen molar-refractivity contribution in [2.24, 2.45) is 0 Å². The molecule has 0 unspecified atom stereocenters. The zero-order chi connectivity index (χ0) is 17.0. The lowest BCUT2D eigenvalue weighted by molar-refractivity contribution is 0.587. The largest absolute Gasteiger partial charge is 0.366 e. The minimum Gasteiger partial charge on any atom is -0.366 e. The molecule has 23 heavy (non-hydrogen) atoms. The van der Waals surface area contributed by atoms with Crippen molar-refractivity contribution in [1.29, 1.82) is 0 Å². The number of aryl methyl sites for hydroxylation is 1. The van der Waals surface area contributed by atoms with Crippen molar-refractivity contribution in [3.8, 4) is 0 Å². The highest BCUT2D eigenvalue weighted by Crippen LogP contribution is 2.23. The van der Waals surface area contributed by atoms with Crippen molar-refractivity contribution in [1.82, 2.24) is 14.7 Å². The fraction of sp³-hybridized carbons (Fsp3) is 0.333. The van der Waals surface area contributed by atoms with Gasteiger partial charge in [0.25, 0.3) is 0 Å². The molecule has 0 fully saturated rings. The fourth-order valence-electron chi connectivity index (χ4n) is 2.22. The van der Waals surface area contributed by atoms with Gasteiger partial charge in [0.15, 0.2) is 0 Å². The van der Waals surface area contributed by atoms with Gasteiger partial charge in [-0.3, -0.25) is 0 Å². The van der Waals surface area contributed by atoms with Gasteiger partial charge in [0.1, 0.15) is 16.8 Å². The minimum absolute atomic E-state index is 0.241. The summed E-state index contributed by atoms with van der Waals surface area (Å²) < 4.78 is 26.5. The molecule has 0 aliphatic carbocycles. The van der Waals surface area contributed by atoms with E-state index in [0.717, 1.165) is 5.56 Å². The van der Waals surface area contributed by atoms with E-state index >= 15 is 0 Å². The van der Waals surface area contributed by atoms with Crippen LogP contribution in [-0.4, -0.2) is 25.4 Å². The average molecular weight is 355 g/mol. The minimum atomic E-state index is -3.51. The van der Waals surface area contributed by atoms with Gasteiger partial charge in [0, 0.05) is 12.1 Å². The molecule has 2 N–H and O–H groups in total. The smallest absolute Gasteiger partial charge is 0.240 e. The summed E-state index contributed by atoms with van der Waals surface area (Å²) in [5.74, 6) is 1.19. The molecule has 124 valence electrons. The summed E-state index contributed by atoms with van der Waals surface area (Å²) >= 11 is 6.15. The van der Waals surface area contributed by atoms with E-state index in [4.69, 9.17) is 11.6 Å². The number of hydrogen-bond acceptors (Lipinski definition) is 5. The maximum atomic E-state index is 12.1. The number of nitrogens with one attached hydrogen (secondary N) is 2. The highest BCUT2D eigenvalue weighted by molar-refractivity contribution is 7.89. The van der Waals surface area contributed by atoms with Crippen LogP contribution in [0.1, 0.15) is 23.9 Å². The van der Waals surface area contributed by atoms with E-state index in [1.807, 2.05) is 6.92 Å². The third-order valence-corrected chi connectivity index (χ3v) is 5.23. The number of sulfonamides is 1. The van der Waals surface area contributed by atoms with Crippen molar-refractivity contribution < 1.29 is 8.42 Å². The Kier molecular flexibility index (Phi) is 5.56. The van der Waals surface area contributed by atoms with Crippen LogP contribution in [0, 0.1) is 6.92 Å². The molecular weight excluding hydrogens is 336 g/mol. The van der Waals surface area contributed by atoms with E-state index in [1.54, 1.807) is 31.2 Å². The molecule has 0 bridgehead atoms. The van der Waals surface area contributed by atoms with Crippen molar-refractivity contribution in [2.45, 2.75) is 31.7 Å². The summed E-state index contributed by atoms with van der Waals surface area (Å²) in [6, 6.07) is 6.82. The first-order valence-corrected chi connectivity index (χ1v) is 9.03. The lowest BCUT2D eigenvalue weighted by Gasteiger charge is -2.14. The van der Waals surface area contributed by atoms with E-state index in [0.29, 0.717) is 35.3 Å². The Bertz CT molecular complexity index is 809. The summed E-state index contributed by atoms with van der Waals surface area (Å²) in [5, 5.41) is 3.59. The molecule has 6 nitrogen and oxygen atoms in total. The molecule has 1 aromatic heterocycles. The molecule has 0 radical (unpaired) electrons. The van der Waals surface area contributed by atoms with Crippen LogP contribution in [0.5, 0.6) is 0 Å². The number of anilines is 1. The molecule has 0 saturated heterocycles. The maximum absolute atomic E-state index is 12.1. The Morgan fingerprint density at radius 2 is 1.91 bits per heavy atom. The van der Waals surface area contributed by atoms with Crippen LogP contribution >= 0.6 is 11.6 Å². The van der Waals surface area contributed by atoms with E-state index in [9.17, 15) is 8.42 Å². The first-order valence-electron chi connectivity index (χ1n) is 7.17. The Hall–Kier alpha value is -1.70. The first kappa shape index (κ1) is 17.7. The summed E-state index contributed by atoms with van der Waals surface area (Å²) in [7, 11) is -2.12. The van der Waals surface area contributed by atoms with Crippen molar-refractivity contribution in [3.05, 3.63) is 46.4 Å². The molecule has 2 aromatic rings. The lowest BCUT2D eigenvalue weighted by Crippen LogP contribution is -2.21. The van der Waals surface area contributed by atoms with Gasteiger partial charge in [-0.1, -0.05) is 36.7 Å². The predicted molar refractivity (Wildman–Crippen MR) is 91.2 cm³/mol. The molecule has 1 heterocycles. The van der Waals surface area contributed by atoms with Crippen molar-refractivity contribution >= 4 is 27.4 Å². The summed E-state index contributed by atoms with van der Waals surface area (Å²) in [6.07, 6.45) is 0.678. The SMILES string of the molecule is CCc1c(Cl)nc(C)nc1NCc1ccccc1S(=O)(=O)NC. The van der Waals surface area contributed by atoms with Crippen LogP contribution < -0.4 is 10.0 Å². The topological polar surface area (TPSA) is 84.0 Å². The van der Waals surface area contributed by atoms with Gasteiger partial charge in [-0.2, -0.15) is 0 Å². The standard InChI is InChI=1S/C15H19ClN4O2S/c1-4-12-14(16)19-10(2)20-15(12)18-9-11-7-5-6-8-13(11)23(21,22)17-3/h5-8,17H,4,9H2,1-3H3,(H,18,19,20). The zero-order valence-electron chi connectivity index (χ0n) is 13.2. The lowest BCUT2D eigenvalue weighted by atomic mass is 10.2. The van der Waals surface area contributed by atoms with Crippen LogP contribution in [0.25, 0.3) is 0 Å². The number of benzene rings is 1. The van der Waals surface area contributed by atoms with Crippen LogP contribution in [0.3, 0.4) is 0 Å². The van der Waals surface area contributed by atoms with E-state index in [-0.39, 0.29) is 4.90 Å². The number of halogens is 1. The van der Waals surface area contributed by atoms with Gasteiger partial charge >= 0.3 is 0 Å². The second-order valence-corrected chi connectivity index (χ2v) is 7.12. The van der Waals surface area contributed by atoms with Gasteiger partial charge < -0.3 is 5.32 Å². The van der Waals surface area contributed by atoms with Crippen molar-refractivity contribution in [2.75, 3.05) is 12.4 Å². The van der Waals surface area contributed by atoms with Crippen LogP contribution in [-0.2, 0) is 23.0 Å². The summed E-state index contributed by atoms with van der Waals surface area (Å²) in [5.41, 5.74) is 1.46. The van der Waals surface area contributed by atoms with Crippen LogP contribution in [0.4, 0.5) is 5.82 Å². The van der Waals surface area contributed by atoms with Gasteiger partial charge in [-0.25, -0.2) is 23.1 Å². The molecule has 0 saturated carbocycles. The normalized spacial score (nSPS) is 11.5. The van der Waals surface area contributed by atoms with E-state index in [1.165, 1.54) is 7.05 Å². The zero-order valence-corrected chi connectivity index (χ0v) is 14.8. The van der Waals surface area contributed by atoms with Gasteiger partial charge in [0.05, 0.1) is 4.90 Å². The van der Waals surface area contributed by atoms with Crippen molar-refractivity contribution in [3.63, 3.8) is 0 Å². The fourth-order valence-corrected chi connectivity index (χ4v) is 3.53. The third kappa shape index (κ3) is 3.99. The van der Waals surface area contributed by atoms with E-state index < -0.39 is 10.0 Å². The Balaban J connectivity index is 2.33. The van der Waals surface area contributed by atoms with Gasteiger partial charge in [0.2, 0.25) is 10.0 Å². The highest BCUT2D eigenvalue weighted by Gasteiger charge is 2.16. The van der Waals surface area contributed by atoms with Gasteiger partial charge in [-0.05, 0) is 32.0 Å². The monoisotopic (exact) mass is 354 g/mol. The third-order valence-electron chi connectivity index (χ3n) is 3.40.